The minimum atomic E-state index is -0.715. The highest BCUT2D eigenvalue weighted by molar-refractivity contribution is 5.91. The van der Waals surface area contributed by atoms with Gasteiger partial charge in [0.15, 0.2) is 5.76 Å². The second-order valence-corrected chi connectivity index (χ2v) is 3.39. The van der Waals surface area contributed by atoms with Gasteiger partial charge in [0.05, 0.1) is 6.07 Å². The van der Waals surface area contributed by atoms with Gasteiger partial charge in [-0.15, -0.1) is 0 Å². The molecule has 0 spiro atoms. The van der Waals surface area contributed by atoms with E-state index in [2.05, 4.69) is 5.32 Å². The molecule has 0 fully saturated rings. The topological polar surface area (TPSA) is 106 Å². The molecule has 1 aromatic rings. The van der Waals surface area contributed by atoms with Gasteiger partial charge in [0.25, 0.3) is 5.91 Å². The fraction of sp³-hybridized carbons (Fsp3) is 0.444. The van der Waals surface area contributed by atoms with E-state index in [9.17, 15) is 14.9 Å². The van der Waals surface area contributed by atoms with Crippen LogP contribution in [0, 0.1) is 16.0 Å². The van der Waals surface area contributed by atoms with Gasteiger partial charge in [0.1, 0.15) is 4.92 Å². The number of carbonyl (C=O) groups excluding carboxylic acids is 1. The number of carbonyl (C=O) groups is 1. The highest BCUT2D eigenvalue weighted by Crippen LogP contribution is 2.15. The maximum absolute atomic E-state index is 11.4. The molecule has 0 saturated carbocycles. The summed E-state index contributed by atoms with van der Waals surface area (Å²) in [6.07, 6.45) is 0. The molecule has 0 radical (unpaired) electrons. The molecule has 7 heteroatoms. The average molecular weight is 228 g/mol. The predicted molar refractivity (Wildman–Crippen MR) is 53.9 cm³/mol. The molecule has 1 heterocycles. The third-order valence-corrected chi connectivity index (χ3v) is 1.92. The number of aliphatic hydroxyl groups is 1. The molecule has 1 amide bonds. The Balaban J connectivity index is 2.56. The average Bonchev–Trinajstić information content (AvgIpc) is 2.74. The lowest BCUT2D eigenvalue weighted by Gasteiger charge is -2.07. The number of hydrogen-bond acceptors (Lipinski definition) is 5. The molecule has 1 aromatic heterocycles. The van der Waals surface area contributed by atoms with Crippen molar-refractivity contribution in [1.29, 1.82) is 0 Å². The second-order valence-electron chi connectivity index (χ2n) is 3.39. The van der Waals surface area contributed by atoms with E-state index in [1.807, 2.05) is 0 Å². The summed E-state index contributed by atoms with van der Waals surface area (Å²) >= 11 is 0. The Labute approximate surface area is 91.2 Å². The van der Waals surface area contributed by atoms with Crippen LogP contribution in [-0.2, 0) is 0 Å². The van der Waals surface area contributed by atoms with Gasteiger partial charge in [-0.2, -0.15) is 0 Å². The summed E-state index contributed by atoms with van der Waals surface area (Å²) in [6, 6.07) is 2.35. The van der Waals surface area contributed by atoms with E-state index in [4.69, 9.17) is 9.52 Å². The quantitative estimate of drug-likeness (QED) is 0.565. The summed E-state index contributed by atoms with van der Waals surface area (Å²) in [5, 5.41) is 21.5. The first-order valence-electron chi connectivity index (χ1n) is 4.68. The third kappa shape index (κ3) is 3.06. The van der Waals surface area contributed by atoms with Crippen LogP contribution in [0.2, 0.25) is 0 Å². The van der Waals surface area contributed by atoms with Crippen LogP contribution >= 0.6 is 0 Å². The van der Waals surface area contributed by atoms with E-state index in [0.717, 1.165) is 6.07 Å². The summed E-state index contributed by atoms with van der Waals surface area (Å²) in [4.78, 5) is 21.0. The molecule has 0 aliphatic carbocycles. The van der Waals surface area contributed by atoms with Crippen molar-refractivity contribution in [1.82, 2.24) is 5.32 Å². The molecular weight excluding hydrogens is 216 g/mol. The van der Waals surface area contributed by atoms with Crippen molar-refractivity contribution >= 4 is 11.8 Å². The van der Waals surface area contributed by atoms with E-state index in [1.165, 1.54) is 6.07 Å². The first-order chi connectivity index (χ1) is 7.54. The summed E-state index contributed by atoms with van der Waals surface area (Å²) < 4.78 is 4.70. The van der Waals surface area contributed by atoms with E-state index < -0.39 is 16.7 Å². The number of nitro groups is 1. The minimum absolute atomic E-state index is 0.0431. The monoisotopic (exact) mass is 228 g/mol. The lowest BCUT2D eigenvalue weighted by atomic mass is 10.2. The van der Waals surface area contributed by atoms with Crippen LogP contribution in [0.1, 0.15) is 17.5 Å². The van der Waals surface area contributed by atoms with Crippen molar-refractivity contribution < 1.29 is 19.2 Å². The first kappa shape index (κ1) is 12.2. The molecule has 16 heavy (non-hydrogen) atoms. The largest absolute Gasteiger partial charge is 0.433 e. The smallest absolute Gasteiger partial charge is 0.396 e. The number of nitrogens with zero attached hydrogens (tertiary/aromatic N) is 1. The lowest BCUT2D eigenvalue weighted by Crippen LogP contribution is -2.29. The second kappa shape index (κ2) is 5.26. The summed E-state index contributed by atoms with van der Waals surface area (Å²) in [5.41, 5.74) is 0. The third-order valence-electron chi connectivity index (χ3n) is 1.92. The molecule has 2 N–H and O–H groups in total. The van der Waals surface area contributed by atoms with Crippen molar-refractivity contribution in [2.75, 3.05) is 13.2 Å². The molecular formula is C9H12N2O5. The van der Waals surface area contributed by atoms with Gasteiger partial charge in [-0.05, 0) is 12.0 Å². The zero-order chi connectivity index (χ0) is 12.1. The Kier molecular flexibility index (Phi) is 4.01. The lowest BCUT2D eigenvalue weighted by molar-refractivity contribution is -0.402. The van der Waals surface area contributed by atoms with Crippen molar-refractivity contribution in [3.63, 3.8) is 0 Å². The van der Waals surface area contributed by atoms with Crippen LogP contribution in [-0.4, -0.2) is 29.1 Å². The van der Waals surface area contributed by atoms with Crippen LogP contribution in [0.15, 0.2) is 16.5 Å². The van der Waals surface area contributed by atoms with Gasteiger partial charge in [0, 0.05) is 13.2 Å². The number of rotatable bonds is 5. The Morgan fingerprint density at radius 2 is 2.38 bits per heavy atom. The zero-order valence-electron chi connectivity index (χ0n) is 8.67. The van der Waals surface area contributed by atoms with Gasteiger partial charge in [-0.25, -0.2) is 0 Å². The Morgan fingerprint density at radius 3 is 2.88 bits per heavy atom. The normalized spacial score (nSPS) is 12.1. The SMILES string of the molecule is CC(CO)CNC(=O)c1ccc([N+](=O)[O-])o1. The molecule has 0 bridgehead atoms. The minimum Gasteiger partial charge on any atom is -0.396 e. The van der Waals surface area contributed by atoms with Gasteiger partial charge in [-0.3, -0.25) is 14.9 Å². The highest BCUT2D eigenvalue weighted by Gasteiger charge is 2.17. The fourth-order valence-corrected chi connectivity index (χ4v) is 0.966. The summed E-state index contributed by atoms with van der Waals surface area (Å²) in [7, 11) is 0. The molecule has 0 aliphatic rings. The Hall–Kier alpha value is -1.89. The number of aliphatic hydroxyl groups excluding tert-OH is 1. The zero-order valence-corrected chi connectivity index (χ0v) is 8.67. The number of amides is 1. The van der Waals surface area contributed by atoms with Crippen molar-refractivity contribution in [2.45, 2.75) is 6.92 Å². The fourth-order valence-electron chi connectivity index (χ4n) is 0.966. The Bertz CT molecular complexity index is 387. The van der Waals surface area contributed by atoms with Crippen LogP contribution in [0.25, 0.3) is 0 Å². The van der Waals surface area contributed by atoms with E-state index in [0.29, 0.717) is 0 Å². The first-order valence-corrected chi connectivity index (χ1v) is 4.68. The van der Waals surface area contributed by atoms with Gasteiger partial charge >= 0.3 is 5.88 Å². The maximum Gasteiger partial charge on any atom is 0.433 e. The summed E-state index contributed by atoms with van der Waals surface area (Å²) in [6.45, 7) is 1.99. The standard InChI is InChI=1S/C9H12N2O5/c1-6(5-12)4-10-9(13)7-2-3-8(16-7)11(14)15/h2-3,6,12H,4-5H2,1H3,(H,10,13). The molecule has 1 unspecified atom stereocenters. The summed E-state index contributed by atoms with van der Waals surface area (Å²) in [5.74, 6) is -1.19. The highest BCUT2D eigenvalue weighted by atomic mass is 16.6. The number of nitrogens with one attached hydrogen (secondary N) is 1. The maximum atomic E-state index is 11.4. The van der Waals surface area contributed by atoms with Crippen molar-refractivity contribution in [2.24, 2.45) is 5.92 Å². The van der Waals surface area contributed by atoms with E-state index >= 15 is 0 Å². The van der Waals surface area contributed by atoms with Crippen LogP contribution in [0.4, 0.5) is 5.88 Å². The van der Waals surface area contributed by atoms with Crippen LogP contribution < -0.4 is 5.32 Å². The molecule has 0 aromatic carbocycles. The molecule has 0 aliphatic heterocycles. The number of hydrogen-bond donors (Lipinski definition) is 2. The molecule has 1 rings (SSSR count). The van der Waals surface area contributed by atoms with Crippen molar-refractivity contribution in [3.05, 3.63) is 28.0 Å². The van der Waals surface area contributed by atoms with Crippen LogP contribution in [0.5, 0.6) is 0 Å². The van der Waals surface area contributed by atoms with E-state index in [1.54, 1.807) is 6.92 Å². The predicted octanol–water partition coefficient (Wildman–Crippen LogP) is 0.546. The van der Waals surface area contributed by atoms with Gasteiger partial charge < -0.3 is 14.8 Å². The van der Waals surface area contributed by atoms with E-state index in [-0.39, 0.29) is 24.8 Å². The Morgan fingerprint density at radius 1 is 1.69 bits per heavy atom. The molecule has 0 saturated heterocycles. The van der Waals surface area contributed by atoms with Crippen molar-refractivity contribution in [3.8, 4) is 0 Å². The molecule has 88 valence electrons. The molecule has 1 atom stereocenters. The van der Waals surface area contributed by atoms with Crippen LogP contribution in [0.3, 0.4) is 0 Å². The number of furan rings is 1. The van der Waals surface area contributed by atoms with Gasteiger partial charge in [-0.1, -0.05) is 6.92 Å². The van der Waals surface area contributed by atoms with Gasteiger partial charge in [0.2, 0.25) is 0 Å². The molecule has 7 nitrogen and oxygen atoms in total.